The van der Waals surface area contributed by atoms with E-state index >= 15 is 0 Å². The van der Waals surface area contributed by atoms with Crippen LogP contribution in [0.4, 0.5) is 0 Å². The van der Waals surface area contributed by atoms with Crippen LogP contribution < -0.4 is 0 Å². The summed E-state index contributed by atoms with van der Waals surface area (Å²) in [6, 6.07) is 14.3. The van der Waals surface area contributed by atoms with Crippen molar-refractivity contribution in [3.63, 3.8) is 0 Å². The van der Waals surface area contributed by atoms with Gasteiger partial charge in [0.05, 0.1) is 6.61 Å². The molecule has 1 saturated carbocycles. The average Bonchev–Trinajstić information content (AvgIpc) is 3.22. The quantitative estimate of drug-likeness (QED) is 0.871. The first-order valence-corrected chi connectivity index (χ1v) is 6.57. The van der Waals surface area contributed by atoms with Crippen LogP contribution in [0.3, 0.4) is 0 Å². The Hall–Kier alpha value is -1.38. The molecule has 2 nitrogen and oxygen atoms in total. The molecule has 0 saturated heterocycles. The number of aliphatic hydroxyl groups excluding tert-OH is 1. The normalized spacial score (nSPS) is 16.9. The maximum atomic E-state index is 10.1. The number of rotatable bonds is 5. The lowest BCUT2D eigenvalue weighted by atomic mass is 10.0. The van der Waals surface area contributed by atoms with Gasteiger partial charge in [0, 0.05) is 6.61 Å². The van der Waals surface area contributed by atoms with Gasteiger partial charge in [-0.3, -0.25) is 0 Å². The van der Waals surface area contributed by atoms with E-state index in [0.29, 0.717) is 6.61 Å². The van der Waals surface area contributed by atoms with Crippen molar-refractivity contribution in [2.24, 2.45) is 5.92 Å². The number of fused-ring (bicyclic) bond motifs is 1. The Labute approximate surface area is 107 Å². The maximum Gasteiger partial charge on any atom is 0.102 e. The highest BCUT2D eigenvalue weighted by molar-refractivity contribution is 5.83. The smallest absolute Gasteiger partial charge is 0.102 e. The Kier molecular flexibility index (Phi) is 3.31. The third-order valence-corrected chi connectivity index (χ3v) is 3.48. The summed E-state index contributed by atoms with van der Waals surface area (Å²) in [5.41, 5.74) is 0.935. The third kappa shape index (κ3) is 2.71. The zero-order chi connectivity index (χ0) is 12.4. The van der Waals surface area contributed by atoms with E-state index in [-0.39, 0.29) is 0 Å². The van der Waals surface area contributed by atoms with Crippen molar-refractivity contribution in [2.45, 2.75) is 18.9 Å². The van der Waals surface area contributed by atoms with Crippen molar-refractivity contribution >= 4 is 10.8 Å². The standard InChI is InChI=1S/C16H18O2/c17-16(11-18-10-12-5-6-12)15-8-7-13-3-1-2-4-14(13)9-15/h1-4,7-9,12,16-17H,5-6,10-11H2. The highest BCUT2D eigenvalue weighted by Crippen LogP contribution is 2.29. The molecule has 0 bridgehead atoms. The predicted molar refractivity (Wildman–Crippen MR) is 72.5 cm³/mol. The summed E-state index contributed by atoms with van der Waals surface area (Å²) in [7, 11) is 0. The van der Waals surface area contributed by atoms with Gasteiger partial charge < -0.3 is 9.84 Å². The monoisotopic (exact) mass is 242 g/mol. The molecule has 1 N–H and O–H groups in total. The van der Waals surface area contributed by atoms with Crippen molar-refractivity contribution in [1.29, 1.82) is 0 Å². The average molecular weight is 242 g/mol. The van der Waals surface area contributed by atoms with E-state index in [9.17, 15) is 5.11 Å². The topological polar surface area (TPSA) is 29.5 Å². The van der Waals surface area contributed by atoms with Crippen molar-refractivity contribution in [2.75, 3.05) is 13.2 Å². The molecule has 2 aromatic carbocycles. The van der Waals surface area contributed by atoms with E-state index in [1.54, 1.807) is 0 Å². The van der Waals surface area contributed by atoms with Crippen LogP contribution in [0, 0.1) is 5.92 Å². The Morgan fingerprint density at radius 1 is 1.11 bits per heavy atom. The Bertz CT molecular complexity index is 531. The second-order valence-corrected chi connectivity index (χ2v) is 5.10. The summed E-state index contributed by atoms with van der Waals surface area (Å²) in [6.07, 6.45) is 2.05. The molecule has 0 radical (unpaired) electrons. The van der Waals surface area contributed by atoms with Gasteiger partial charge in [0.1, 0.15) is 6.10 Å². The van der Waals surface area contributed by atoms with Crippen LogP contribution in [0.5, 0.6) is 0 Å². The minimum absolute atomic E-state index is 0.398. The summed E-state index contributed by atoms with van der Waals surface area (Å²) in [6.45, 7) is 1.19. The molecule has 0 aromatic heterocycles. The largest absolute Gasteiger partial charge is 0.386 e. The number of hydrogen-bond acceptors (Lipinski definition) is 2. The molecule has 2 aromatic rings. The lowest BCUT2D eigenvalue weighted by molar-refractivity contribution is 0.0315. The predicted octanol–water partition coefficient (Wildman–Crippen LogP) is 3.30. The fourth-order valence-electron chi connectivity index (χ4n) is 2.14. The molecule has 3 rings (SSSR count). The van der Waals surface area contributed by atoms with Gasteiger partial charge >= 0.3 is 0 Å². The van der Waals surface area contributed by atoms with Gasteiger partial charge in [0.25, 0.3) is 0 Å². The number of ether oxygens (including phenoxy) is 1. The Morgan fingerprint density at radius 3 is 2.67 bits per heavy atom. The molecular formula is C16H18O2. The first-order chi connectivity index (χ1) is 8.83. The number of aliphatic hydroxyl groups is 1. The Balaban J connectivity index is 1.67. The Morgan fingerprint density at radius 2 is 1.89 bits per heavy atom. The minimum atomic E-state index is -0.520. The van der Waals surface area contributed by atoms with Crippen molar-refractivity contribution in [3.8, 4) is 0 Å². The highest BCUT2D eigenvalue weighted by Gasteiger charge is 2.21. The van der Waals surface area contributed by atoms with Gasteiger partial charge in [-0.2, -0.15) is 0 Å². The molecular weight excluding hydrogens is 224 g/mol. The molecule has 0 heterocycles. The van der Waals surface area contributed by atoms with Crippen LogP contribution in [0.2, 0.25) is 0 Å². The van der Waals surface area contributed by atoms with Crippen LogP contribution in [0.1, 0.15) is 24.5 Å². The van der Waals surface area contributed by atoms with E-state index in [1.807, 2.05) is 24.3 Å². The molecule has 2 heteroatoms. The van der Waals surface area contributed by atoms with Crippen LogP contribution in [0.15, 0.2) is 42.5 Å². The van der Waals surface area contributed by atoms with Gasteiger partial charge in [-0.15, -0.1) is 0 Å². The molecule has 1 aliphatic carbocycles. The first kappa shape index (κ1) is 11.7. The SMILES string of the molecule is OC(COCC1CC1)c1ccc2ccccc2c1. The second kappa shape index (κ2) is 5.09. The fraction of sp³-hybridized carbons (Fsp3) is 0.375. The van der Waals surface area contributed by atoms with Gasteiger partial charge in [-0.25, -0.2) is 0 Å². The van der Waals surface area contributed by atoms with Gasteiger partial charge in [0.2, 0.25) is 0 Å². The number of hydrogen-bond donors (Lipinski definition) is 1. The van der Waals surface area contributed by atoms with Crippen LogP contribution in [0.25, 0.3) is 10.8 Å². The molecule has 1 aliphatic rings. The first-order valence-electron chi connectivity index (χ1n) is 6.57. The molecule has 18 heavy (non-hydrogen) atoms. The van der Waals surface area contributed by atoms with Crippen LogP contribution >= 0.6 is 0 Å². The maximum absolute atomic E-state index is 10.1. The molecule has 1 fully saturated rings. The molecule has 0 amide bonds. The molecule has 0 aliphatic heterocycles. The summed E-state index contributed by atoms with van der Waals surface area (Å²) >= 11 is 0. The van der Waals surface area contributed by atoms with E-state index in [4.69, 9.17) is 4.74 Å². The molecule has 1 unspecified atom stereocenters. The fourth-order valence-corrected chi connectivity index (χ4v) is 2.14. The van der Waals surface area contributed by atoms with Crippen molar-refractivity contribution < 1.29 is 9.84 Å². The van der Waals surface area contributed by atoms with Crippen LogP contribution in [-0.4, -0.2) is 18.3 Å². The third-order valence-electron chi connectivity index (χ3n) is 3.48. The molecule has 94 valence electrons. The summed E-state index contributed by atoms with van der Waals surface area (Å²) in [4.78, 5) is 0. The summed E-state index contributed by atoms with van der Waals surface area (Å²) in [5, 5.41) is 12.5. The second-order valence-electron chi connectivity index (χ2n) is 5.10. The number of benzene rings is 2. The molecule has 0 spiro atoms. The summed E-state index contributed by atoms with van der Waals surface area (Å²) < 4.78 is 5.54. The molecule has 1 atom stereocenters. The van der Waals surface area contributed by atoms with Gasteiger partial charge in [0.15, 0.2) is 0 Å². The lowest BCUT2D eigenvalue weighted by Gasteiger charge is -2.12. The lowest BCUT2D eigenvalue weighted by Crippen LogP contribution is -2.08. The van der Waals surface area contributed by atoms with E-state index in [0.717, 1.165) is 23.5 Å². The highest BCUT2D eigenvalue weighted by atomic mass is 16.5. The van der Waals surface area contributed by atoms with Crippen molar-refractivity contribution in [3.05, 3.63) is 48.0 Å². The van der Waals surface area contributed by atoms with Crippen LogP contribution in [-0.2, 0) is 4.74 Å². The zero-order valence-corrected chi connectivity index (χ0v) is 10.4. The summed E-state index contributed by atoms with van der Waals surface area (Å²) in [5.74, 6) is 0.744. The zero-order valence-electron chi connectivity index (χ0n) is 10.4. The van der Waals surface area contributed by atoms with Gasteiger partial charge in [-0.05, 0) is 41.2 Å². The van der Waals surface area contributed by atoms with E-state index in [1.165, 1.54) is 18.2 Å². The minimum Gasteiger partial charge on any atom is -0.386 e. The van der Waals surface area contributed by atoms with Crippen molar-refractivity contribution in [1.82, 2.24) is 0 Å². The van der Waals surface area contributed by atoms with E-state index < -0.39 is 6.10 Å². The van der Waals surface area contributed by atoms with E-state index in [2.05, 4.69) is 18.2 Å². The van der Waals surface area contributed by atoms with Gasteiger partial charge in [-0.1, -0.05) is 36.4 Å².